The molecule has 1 saturated heterocycles. The van der Waals surface area contributed by atoms with E-state index in [0.29, 0.717) is 24.8 Å². The van der Waals surface area contributed by atoms with Gasteiger partial charge in [0.15, 0.2) is 0 Å². The van der Waals surface area contributed by atoms with Gasteiger partial charge in [-0.3, -0.25) is 0 Å². The molecule has 6 nitrogen and oxygen atoms in total. The van der Waals surface area contributed by atoms with Gasteiger partial charge in [-0.25, -0.2) is 0 Å². The molecule has 0 N–H and O–H groups in total. The lowest BCUT2D eigenvalue weighted by molar-refractivity contribution is 0.122. The minimum atomic E-state index is 0.544. The first-order valence-corrected chi connectivity index (χ1v) is 7.07. The molecule has 7 heteroatoms. The number of hydrogen-bond donors (Lipinski definition) is 0. The number of morpholine rings is 1. The van der Waals surface area contributed by atoms with E-state index in [2.05, 4.69) is 13.6 Å². The van der Waals surface area contributed by atoms with Gasteiger partial charge in [-0.1, -0.05) is 0 Å². The topological polar surface area (TPSA) is 56.7 Å². The van der Waals surface area contributed by atoms with Crippen LogP contribution in [0, 0.1) is 0 Å². The number of anilines is 1. The summed E-state index contributed by atoms with van der Waals surface area (Å²) in [5.74, 6) is 2.84. The van der Waals surface area contributed by atoms with E-state index in [9.17, 15) is 0 Å². The van der Waals surface area contributed by atoms with Crippen LogP contribution >= 0.6 is 11.7 Å². The zero-order valence-electron chi connectivity index (χ0n) is 11.1. The van der Waals surface area contributed by atoms with E-state index in [1.54, 1.807) is 7.11 Å². The Kier molecular flexibility index (Phi) is 3.98. The van der Waals surface area contributed by atoms with Gasteiger partial charge in [0.1, 0.15) is 11.5 Å². The number of rotatable bonds is 4. The van der Waals surface area contributed by atoms with Gasteiger partial charge in [-0.05, 0) is 24.3 Å². The van der Waals surface area contributed by atoms with E-state index < -0.39 is 0 Å². The third kappa shape index (κ3) is 2.83. The molecule has 106 valence electrons. The normalized spacial score (nSPS) is 15.2. The summed E-state index contributed by atoms with van der Waals surface area (Å²) in [5, 5.41) is 0. The standard InChI is InChI=1S/C13H15N3O3S/c1-17-10-2-4-11(5-3-10)19-13-12(14-20-15-13)16-6-8-18-9-7-16/h2-5H,6-9H2,1H3. The van der Waals surface area contributed by atoms with Crippen molar-refractivity contribution in [2.45, 2.75) is 0 Å². The molecule has 20 heavy (non-hydrogen) atoms. The second-order valence-electron chi connectivity index (χ2n) is 4.27. The van der Waals surface area contributed by atoms with Gasteiger partial charge in [0.2, 0.25) is 5.82 Å². The molecular weight excluding hydrogens is 278 g/mol. The molecule has 1 aromatic heterocycles. The Morgan fingerprint density at radius 2 is 1.80 bits per heavy atom. The van der Waals surface area contributed by atoms with Gasteiger partial charge < -0.3 is 19.1 Å². The fraction of sp³-hybridized carbons (Fsp3) is 0.385. The minimum absolute atomic E-state index is 0.544. The SMILES string of the molecule is COc1ccc(Oc2nsnc2N2CCOCC2)cc1. The lowest BCUT2D eigenvalue weighted by atomic mass is 10.3. The van der Waals surface area contributed by atoms with Crippen molar-refractivity contribution in [1.29, 1.82) is 0 Å². The maximum atomic E-state index is 5.80. The third-order valence-electron chi connectivity index (χ3n) is 3.03. The number of ether oxygens (including phenoxy) is 3. The lowest BCUT2D eigenvalue weighted by Crippen LogP contribution is -2.36. The fourth-order valence-electron chi connectivity index (χ4n) is 1.96. The Morgan fingerprint density at radius 1 is 1.10 bits per heavy atom. The van der Waals surface area contributed by atoms with E-state index >= 15 is 0 Å². The highest BCUT2D eigenvalue weighted by Crippen LogP contribution is 2.31. The van der Waals surface area contributed by atoms with Crippen LogP contribution in [0.25, 0.3) is 0 Å². The van der Waals surface area contributed by atoms with Gasteiger partial charge in [0.25, 0.3) is 5.88 Å². The van der Waals surface area contributed by atoms with Crippen LogP contribution < -0.4 is 14.4 Å². The van der Waals surface area contributed by atoms with Crippen molar-refractivity contribution in [2.24, 2.45) is 0 Å². The van der Waals surface area contributed by atoms with Gasteiger partial charge in [-0.15, -0.1) is 4.37 Å². The molecule has 1 fully saturated rings. The summed E-state index contributed by atoms with van der Waals surface area (Å²) in [4.78, 5) is 2.13. The van der Waals surface area contributed by atoms with E-state index in [-0.39, 0.29) is 0 Å². The lowest BCUT2D eigenvalue weighted by Gasteiger charge is -2.26. The van der Waals surface area contributed by atoms with Crippen LogP contribution in [0.1, 0.15) is 0 Å². The minimum Gasteiger partial charge on any atom is -0.497 e. The zero-order valence-corrected chi connectivity index (χ0v) is 11.9. The van der Waals surface area contributed by atoms with Crippen LogP contribution in [0.3, 0.4) is 0 Å². The molecule has 0 amide bonds. The number of nitrogens with zero attached hydrogens (tertiary/aromatic N) is 3. The van der Waals surface area contributed by atoms with Gasteiger partial charge in [0.05, 0.1) is 32.1 Å². The number of aromatic nitrogens is 2. The maximum Gasteiger partial charge on any atom is 0.276 e. The van der Waals surface area contributed by atoms with Crippen LogP contribution in [-0.4, -0.2) is 42.2 Å². The highest BCUT2D eigenvalue weighted by molar-refractivity contribution is 6.99. The summed E-state index contributed by atoms with van der Waals surface area (Å²) in [5.41, 5.74) is 0. The second kappa shape index (κ2) is 6.06. The Bertz CT molecular complexity index is 552. The van der Waals surface area contributed by atoms with Crippen LogP contribution in [0.2, 0.25) is 0 Å². The summed E-state index contributed by atoms with van der Waals surface area (Å²) in [6.07, 6.45) is 0. The van der Waals surface area contributed by atoms with Crippen molar-refractivity contribution in [3.63, 3.8) is 0 Å². The van der Waals surface area contributed by atoms with Crippen LogP contribution in [0.15, 0.2) is 24.3 Å². The molecule has 1 aliphatic heterocycles. The average Bonchev–Trinajstić information content (AvgIpc) is 2.97. The van der Waals surface area contributed by atoms with E-state index in [1.807, 2.05) is 24.3 Å². The smallest absolute Gasteiger partial charge is 0.276 e. The number of hydrogen-bond acceptors (Lipinski definition) is 7. The van der Waals surface area contributed by atoms with Crippen molar-refractivity contribution < 1.29 is 14.2 Å². The quantitative estimate of drug-likeness (QED) is 0.861. The summed E-state index contributed by atoms with van der Waals surface area (Å²) in [6.45, 7) is 3.04. The average molecular weight is 293 g/mol. The molecule has 0 radical (unpaired) electrons. The predicted octanol–water partition coefficient (Wildman–Crippen LogP) is 2.18. The van der Waals surface area contributed by atoms with Crippen LogP contribution in [0.5, 0.6) is 17.4 Å². The van der Waals surface area contributed by atoms with Crippen molar-refractivity contribution >= 4 is 17.5 Å². The van der Waals surface area contributed by atoms with Crippen molar-refractivity contribution in [3.05, 3.63) is 24.3 Å². The summed E-state index contributed by atoms with van der Waals surface area (Å²) in [7, 11) is 1.64. The van der Waals surface area contributed by atoms with E-state index in [0.717, 1.165) is 36.4 Å². The monoisotopic (exact) mass is 293 g/mol. The summed E-state index contributed by atoms with van der Waals surface area (Å²) < 4.78 is 24.8. The molecule has 3 rings (SSSR count). The predicted molar refractivity (Wildman–Crippen MR) is 76.0 cm³/mol. The highest BCUT2D eigenvalue weighted by atomic mass is 32.1. The number of benzene rings is 1. The second-order valence-corrected chi connectivity index (χ2v) is 4.80. The molecule has 0 unspecified atom stereocenters. The first-order chi connectivity index (χ1) is 9.86. The van der Waals surface area contributed by atoms with Gasteiger partial charge in [0, 0.05) is 13.1 Å². The largest absolute Gasteiger partial charge is 0.497 e. The molecular formula is C13H15N3O3S. The van der Waals surface area contributed by atoms with E-state index in [1.165, 1.54) is 0 Å². The van der Waals surface area contributed by atoms with Gasteiger partial charge >= 0.3 is 0 Å². The molecule has 0 aliphatic carbocycles. The Hall–Kier alpha value is -1.86. The molecule has 0 atom stereocenters. The van der Waals surface area contributed by atoms with Gasteiger partial charge in [-0.2, -0.15) is 4.37 Å². The highest BCUT2D eigenvalue weighted by Gasteiger charge is 2.20. The molecule has 0 saturated carbocycles. The van der Waals surface area contributed by atoms with Crippen LogP contribution in [-0.2, 0) is 4.74 Å². The van der Waals surface area contributed by atoms with Crippen molar-refractivity contribution in [1.82, 2.24) is 8.75 Å². The zero-order chi connectivity index (χ0) is 13.8. The third-order valence-corrected chi connectivity index (χ3v) is 3.53. The fourth-order valence-corrected chi connectivity index (χ4v) is 2.47. The van der Waals surface area contributed by atoms with E-state index in [4.69, 9.17) is 14.2 Å². The number of methoxy groups -OCH3 is 1. The Morgan fingerprint density at radius 3 is 2.50 bits per heavy atom. The first kappa shape index (κ1) is 13.1. The van der Waals surface area contributed by atoms with Crippen molar-refractivity contribution in [2.75, 3.05) is 38.3 Å². The maximum absolute atomic E-state index is 5.80. The Labute approximate surface area is 121 Å². The van der Waals surface area contributed by atoms with Crippen LogP contribution in [0.4, 0.5) is 5.82 Å². The summed E-state index contributed by atoms with van der Waals surface area (Å²) in [6, 6.07) is 7.40. The molecule has 2 heterocycles. The molecule has 0 spiro atoms. The molecule has 2 aromatic rings. The Balaban J connectivity index is 1.75. The summed E-state index contributed by atoms with van der Waals surface area (Å²) >= 11 is 1.15. The first-order valence-electron chi connectivity index (χ1n) is 6.34. The molecule has 1 aliphatic rings. The molecule has 1 aromatic carbocycles. The van der Waals surface area contributed by atoms with Crippen molar-refractivity contribution in [3.8, 4) is 17.4 Å². The molecule has 0 bridgehead atoms.